The van der Waals surface area contributed by atoms with E-state index in [1.54, 1.807) is 0 Å². The van der Waals surface area contributed by atoms with Crippen LogP contribution in [0.5, 0.6) is 0 Å². The number of rotatable bonds is 7. The molecule has 0 atom stereocenters. The van der Waals surface area contributed by atoms with Crippen LogP contribution in [0.25, 0.3) is 0 Å². The molecular formula is C16H26N4O5. The van der Waals surface area contributed by atoms with E-state index in [9.17, 15) is 19.2 Å². The van der Waals surface area contributed by atoms with E-state index in [0.717, 1.165) is 24.2 Å². The van der Waals surface area contributed by atoms with E-state index in [1.807, 2.05) is 6.92 Å². The number of hydrogen-bond acceptors (Lipinski definition) is 5. The average Bonchev–Trinajstić information content (AvgIpc) is 2.79. The highest BCUT2D eigenvalue weighted by molar-refractivity contribution is 6.10. The number of carbonyl (C=O) groups excluding carboxylic acids is 4. The molecule has 0 bridgehead atoms. The summed E-state index contributed by atoms with van der Waals surface area (Å²) in [6.07, 6.45) is 4.60. The standard InChI is InChI=1S/C16H26N4O5/c1-2-25-10-6-9-17-14(23)18-12(21)11-20-13(22)16(19-15(20)24)7-4-3-5-8-16/h2-11H2,1H3,(H,19,24)(H2,17,18,21,23). The largest absolute Gasteiger partial charge is 0.382 e. The van der Waals surface area contributed by atoms with Crippen LogP contribution in [0, 0.1) is 0 Å². The lowest BCUT2D eigenvalue weighted by atomic mass is 9.82. The van der Waals surface area contributed by atoms with E-state index in [4.69, 9.17) is 4.74 Å². The minimum Gasteiger partial charge on any atom is -0.382 e. The van der Waals surface area contributed by atoms with E-state index in [1.165, 1.54) is 0 Å². The molecule has 0 aromatic carbocycles. The van der Waals surface area contributed by atoms with Crippen molar-refractivity contribution >= 4 is 23.9 Å². The van der Waals surface area contributed by atoms with Gasteiger partial charge in [-0.2, -0.15) is 0 Å². The monoisotopic (exact) mass is 354 g/mol. The van der Waals surface area contributed by atoms with Gasteiger partial charge in [0.2, 0.25) is 5.91 Å². The molecule has 1 saturated carbocycles. The molecule has 9 nitrogen and oxygen atoms in total. The molecule has 0 aromatic heterocycles. The molecule has 1 heterocycles. The van der Waals surface area contributed by atoms with Crippen molar-refractivity contribution in [3.63, 3.8) is 0 Å². The fourth-order valence-corrected chi connectivity index (χ4v) is 3.19. The normalized spacial score (nSPS) is 19.0. The van der Waals surface area contributed by atoms with Crippen LogP contribution < -0.4 is 16.0 Å². The predicted molar refractivity (Wildman–Crippen MR) is 88.7 cm³/mol. The zero-order chi connectivity index (χ0) is 18.3. The Morgan fingerprint density at radius 3 is 2.64 bits per heavy atom. The average molecular weight is 354 g/mol. The van der Waals surface area contributed by atoms with E-state index >= 15 is 0 Å². The summed E-state index contributed by atoms with van der Waals surface area (Å²) >= 11 is 0. The molecule has 0 radical (unpaired) electrons. The van der Waals surface area contributed by atoms with Crippen molar-refractivity contribution in [2.24, 2.45) is 0 Å². The number of urea groups is 2. The first kappa shape index (κ1) is 19.2. The summed E-state index contributed by atoms with van der Waals surface area (Å²) in [6, 6.07) is -1.22. The topological polar surface area (TPSA) is 117 Å². The molecule has 2 rings (SSSR count). The summed E-state index contributed by atoms with van der Waals surface area (Å²) in [6.45, 7) is 2.92. The lowest BCUT2D eigenvalue weighted by Crippen LogP contribution is -2.49. The Morgan fingerprint density at radius 2 is 1.96 bits per heavy atom. The maximum absolute atomic E-state index is 12.5. The fourth-order valence-electron chi connectivity index (χ4n) is 3.19. The summed E-state index contributed by atoms with van der Waals surface area (Å²) in [7, 11) is 0. The zero-order valence-corrected chi connectivity index (χ0v) is 14.6. The highest BCUT2D eigenvalue weighted by Crippen LogP contribution is 2.33. The third kappa shape index (κ3) is 4.91. The van der Waals surface area contributed by atoms with E-state index in [-0.39, 0.29) is 5.91 Å². The maximum atomic E-state index is 12.5. The van der Waals surface area contributed by atoms with Gasteiger partial charge in [0.05, 0.1) is 0 Å². The Hall–Kier alpha value is -2.16. The van der Waals surface area contributed by atoms with Gasteiger partial charge >= 0.3 is 12.1 Å². The summed E-state index contributed by atoms with van der Waals surface area (Å²) in [5, 5.41) is 7.37. The minimum atomic E-state index is -0.864. The lowest BCUT2D eigenvalue weighted by molar-refractivity contribution is -0.135. The van der Waals surface area contributed by atoms with E-state index < -0.39 is 30.1 Å². The van der Waals surface area contributed by atoms with Crippen LogP contribution in [0.15, 0.2) is 0 Å². The molecule has 1 spiro atoms. The second kappa shape index (κ2) is 8.80. The number of carbonyl (C=O) groups is 4. The van der Waals surface area contributed by atoms with E-state index in [0.29, 0.717) is 39.0 Å². The molecule has 0 aromatic rings. The summed E-state index contributed by atoms with van der Waals surface area (Å²) in [5.41, 5.74) is -0.864. The molecule has 6 amide bonds. The number of nitrogens with one attached hydrogen (secondary N) is 3. The smallest absolute Gasteiger partial charge is 0.325 e. The van der Waals surface area contributed by atoms with Gasteiger partial charge in [-0.05, 0) is 26.2 Å². The van der Waals surface area contributed by atoms with Crippen LogP contribution in [0.1, 0.15) is 45.4 Å². The highest BCUT2D eigenvalue weighted by atomic mass is 16.5. The SMILES string of the molecule is CCOCCCNC(=O)NC(=O)CN1C(=O)NC2(CCCCC2)C1=O. The van der Waals surface area contributed by atoms with Gasteiger partial charge in [0.15, 0.2) is 0 Å². The number of amides is 6. The molecule has 1 aliphatic heterocycles. The molecule has 1 saturated heterocycles. The number of ether oxygens (including phenoxy) is 1. The zero-order valence-electron chi connectivity index (χ0n) is 14.6. The first-order valence-electron chi connectivity index (χ1n) is 8.78. The van der Waals surface area contributed by atoms with Gasteiger partial charge in [-0.15, -0.1) is 0 Å². The quantitative estimate of drug-likeness (QED) is 0.454. The highest BCUT2D eigenvalue weighted by Gasteiger charge is 2.51. The van der Waals surface area contributed by atoms with Gasteiger partial charge in [-0.3, -0.25) is 19.8 Å². The van der Waals surface area contributed by atoms with Gasteiger partial charge < -0.3 is 15.4 Å². The van der Waals surface area contributed by atoms with Crippen molar-refractivity contribution in [3.05, 3.63) is 0 Å². The van der Waals surface area contributed by atoms with Crippen molar-refractivity contribution < 1.29 is 23.9 Å². The van der Waals surface area contributed by atoms with Crippen LogP contribution in [-0.2, 0) is 14.3 Å². The van der Waals surface area contributed by atoms with Crippen LogP contribution in [0.3, 0.4) is 0 Å². The minimum absolute atomic E-state index is 0.366. The Morgan fingerprint density at radius 1 is 1.24 bits per heavy atom. The Balaban J connectivity index is 1.77. The van der Waals surface area contributed by atoms with Crippen molar-refractivity contribution in [3.8, 4) is 0 Å². The van der Waals surface area contributed by atoms with Crippen LogP contribution >= 0.6 is 0 Å². The Bertz CT molecular complexity index is 531. The fraction of sp³-hybridized carbons (Fsp3) is 0.750. The Labute approximate surface area is 146 Å². The molecular weight excluding hydrogens is 328 g/mol. The molecule has 2 fully saturated rings. The first-order valence-corrected chi connectivity index (χ1v) is 8.78. The van der Waals surface area contributed by atoms with Crippen LogP contribution in [-0.4, -0.2) is 60.6 Å². The second-order valence-corrected chi connectivity index (χ2v) is 6.32. The van der Waals surface area contributed by atoms with Gasteiger partial charge in [0.1, 0.15) is 12.1 Å². The van der Waals surface area contributed by atoms with Crippen molar-refractivity contribution in [2.45, 2.75) is 51.0 Å². The van der Waals surface area contributed by atoms with Crippen LogP contribution in [0.2, 0.25) is 0 Å². The molecule has 9 heteroatoms. The van der Waals surface area contributed by atoms with Gasteiger partial charge in [0, 0.05) is 19.8 Å². The lowest BCUT2D eigenvalue weighted by Gasteiger charge is -2.30. The number of hydrogen-bond donors (Lipinski definition) is 3. The Kier molecular flexibility index (Phi) is 6.74. The third-order valence-electron chi connectivity index (χ3n) is 4.46. The first-order chi connectivity index (χ1) is 12.0. The predicted octanol–water partition coefficient (Wildman–Crippen LogP) is 0.494. The second-order valence-electron chi connectivity index (χ2n) is 6.32. The molecule has 2 aliphatic rings. The summed E-state index contributed by atoms with van der Waals surface area (Å²) in [5.74, 6) is -1.07. The molecule has 25 heavy (non-hydrogen) atoms. The number of nitrogens with zero attached hydrogens (tertiary/aromatic N) is 1. The van der Waals surface area contributed by atoms with Gasteiger partial charge in [-0.1, -0.05) is 19.3 Å². The van der Waals surface area contributed by atoms with Gasteiger partial charge in [-0.25, -0.2) is 9.59 Å². The molecule has 1 aliphatic carbocycles. The van der Waals surface area contributed by atoms with Gasteiger partial charge in [0.25, 0.3) is 5.91 Å². The molecule has 140 valence electrons. The number of imide groups is 2. The van der Waals surface area contributed by atoms with Crippen molar-refractivity contribution in [2.75, 3.05) is 26.3 Å². The maximum Gasteiger partial charge on any atom is 0.325 e. The molecule has 3 N–H and O–H groups in total. The third-order valence-corrected chi connectivity index (χ3v) is 4.46. The summed E-state index contributed by atoms with van der Waals surface area (Å²) < 4.78 is 5.14. The molecule has 0 unspecified atom stereocenters. The van der Waals surface area contributed by atoms with Crippen molar-refractivity contribution in [1.82, 2.24) is 20.9 Å². The van der Waals surface area contributed by atoms with Crippen LogP contribution in [0.4, 0.5) is 9.59 Å². The van der Waals surface area contributed by atoms with E-state index in [2.05, 4.69) is 16.0 Å². The van der Waals surface area contributed by atoms with Crippen molar-refractivity contribution in [1.29, 1.82) is 0 Å². The summed E-state index contributed by atoms with van der Waals surface area (Å²) in [4.78, 5) is 49.0.